The molecule has 96 valence electrons. The number of aryl methyl sites for hydroxylation is 1. The van der Waals surface area contributed by atoms with Gasteiger partial charge in [-0.05, 0) is 31.7 Å². The molecule has 0 bridgehead atoms. The number of hydrogen-bond acceptors (Lipinski definition) is 5. The van der Waals surface area contributed by atoms with E-state index in [1.165, 1.54) is 19.3 Å². The average Bonchev–Trinajstić information content (AvgIpc) is 2.68. The predicted molar refractivity (Wildman–Crippen MR) is 69.2 cm³/mol. The van der Waals surface area contributed by atoms with Gasteiger partial charge in [-0.3, -0.25) is 0 Å². The first kappa shape index (κ1) is 12.9. The van der Waals surface area contributed by atoms with Crippen molar-refractivity contribution >= 4 is 11.8 Å². The van der Waals surface area contributed by atoms with Gasteiger partial charge in [-0.25, -0.2) is 0 Å². The molecule has 0 saturated heterocycles. The Morgan fingerprint density at radius 2 is 2.24 bits per heavy atom. The molecule has 1 saturated carbocycles. The zero-order valence-electron chi connectivity index (χ0n) is 10.8. The number of hydrogen-bond donors (Lipinski definition) is 1. The second-order valence-corrected chi connectivity index (χ2v) is 6.02. The van der Waals surface area contributed by atoms with Gasteiger partial charge >= 0.3 is 0 Å². The van der Waals surface area contributed by atoms with E-state index in [1.807, 2.05) is 6.92 Å². The zero-order valence-corrected chi connectivity index (χ0v) is 11.6. The number of nitrogens with zero attached hydrogens (tertiary/aromatic N) is 2. The third-order valence-corrected chi connectivity index (χ3v) is 4.47. The van der Waals surface area contributed by atoms with Gasteiger partial charge in [0.1, 0.15) is 0 Å². The van der Waals surface area contributed by atoms with Gasteiger partial charge in [0.2, 0.25) is 5.89 Å². The third kappa shape index (κ3) is 3.45. The standard InChI is InChI=1S/C12H21N3OS/c1-4-13-10-6-5-8(2)7-11(10)17-12-15-14-9(3)16-12/h8,10-11,13H,4-7H2,1-3H3. The minimum atomic E-state index is 0.554. The molecule has 1 aliphatic rings. The Bertz CT molecular complexity index is 355. The quantitative estimate of drug-likeness (QED) is 0.896. The van der Waals surface area contributed by atoms with Crippen molar-refractivity contribution < 1.29 is 4.42 Å². The van der Waals surface area contributed by atoms with Crippen LogP contribution in [-0.2, 0) is 0 Å². The Morgan fingerprint density at radius 3 is 2.88 bits per heavy atom. The molecular formula is C12H21N3OS. The van der Waals surface area contributed by atoms with Crippen LogP contribution in [0.4, 0.5) is 0 Å². The zero-order chi connectivity index (χ0) is 12.3. The highest BCUT2D eigenvalue weighted by Crippen LogP contribution is 2.35. The van der Waals surface area contributed by atoms with Crippen molar-refractivity contribution in [2.24, 2.45) is 5.92 Å². The lowest BCUT2D eigenvalue weighted by Gasteiger charge is -2.34. The van der Waals surface area contributed by atoms with E-state index in [1.54, 1.807) is 11.8 Å². The minimum Gasteiger partial charge on any atom is -0.416 e. The van der Waals surface area contributed by atoms with Gasteiger partial charge in [0.15, 0.2) is 0 Å². The molecule has 1 aromatic heterocycles. The average molecular weight is 255 g/mol. The van der Waals surface area contributed by atoms with Crippen molar-refractivity contribution in [1.29, 1.82) is 0 Å². The smallest absolute Gasteiger partial charge is 0.276 e. The molecule has 0 aliphatic heterocycles. The molecule has 1 aromatic rings. The summed E-state index contributed by atoms with van der Waals surface area (Å²) in [4.78, 5) is 0. The van der Waals surface area contributed by atoms with Gasteiger partial charge < -0.3 is 9.73 Å². The highest BCUT2D eigenvalue weighted by molar-refractivity contribution is 7.99. The summed E-state index contributed by atoms with van der Waals surface area (Å²) in [7, 11) is 0. The normalized spacial score (nSPS) is 29.5. The van der Waals surface area contributed by atoms with Crippen molar-refractivity contribution in [2.45, 2.75) is 56.5 Å². The van der Waals surface area contributed by atoms with Crippen LogP contribution < -0.4 is 5.32 Å². The Balaban J connectivity index is 1.99. The highest BCUT2D eigenvalue weighted by atomic mass is 32.2. The van der Waals surface area contributed by atoms with Crippen LogP contribution in [0.25, 0.3) is 0 Å². The first-order valence-corrected chi connectivity index (χ1v) is 7.27. The molecule has 17 heavy (non-hydrogen) atoms. The number of thioether (sulfide) groups is 1. The van der Waals surface area contributed by atoms with Crippen molar-refractivity contribution in [2.75, 3.05) is 6.54 Å². The van der Waals surface area contributed by atoms with Crippen molar-refractivity contribution in [3.8, 4) is 0 Å². The Kier molecular flexibility index (Phi) is 4.45. The van der Waals surface area contributed by atoms with E-state index in [4.69, 9.17) is 4.42 Å². The summed E-state index contributed by atoms with van der Waals surface area (Å²) < 4.78 is 5.46. The number of nitrogens with one attached hydrogen (secondary N) is 1. The van der Waals surface area contributed by atoms with Crippen molar-refractivity contribution in [1.82, 2.24) is 15.5 Å². The second-order valence-electron chi connectivity index (χ2n) is 4.83. The molecule has 1 heterocycles. The summed E-state index contributed by atoms with van der Waals surface area (Å²) in [6, 6.07) is 0.577. The Hall–Kier alpha value is -0.550. The molecule has 1 fully saturated rings. The van der Waals surface area contributed by atoms with Crippen molar-refractivity contribution in [3.05, 3.63) is 5.89 Å². The molecule has 3 atom stereocenters. The third-order valence-electron chi connectivity index (χ3n) is 3.28. The summed E-state index contributed by atoms with van der Waals surface area (Å²) in [5.41, 5.74) is 0. The molecule has 1 aliphatic carbocycles. The molecule has 0 aromatic carbocycles. The summed E-state index contributed by atoms with van der Waals surface area (Å²) >= 11 is 1.73. The molecule has 0 radical (unpaired) electrons. The first-order valence-electron chi connectivity index (χ1n) is 6.39. The van der Waals surface area contributed by atoms with Crippen LogP contribution in [0, 0.1) is 12.8 Å². The van der Waals surface area contributed by atoms with Crippen LogP contribution in [0.2, 0.25) is 0 Å². The van der Waals surface area contributed by atoms with Crippen LogP contribution in [0.5, 0.6) is 0 Å². The van der Waals surface area contributed by atoms with Crippen LogP contribution in [0.15, 0.2) is 9.64 Å². The van der Waals surface area contributed by atoms with Crippen molar-refractivity contribution in [3.63, 3.8) is 0 Å². The molecule has 2 rings (SSSR count). The lowest BCUT2D eigenvalue weighted by atomic mass is 9.87. The van der Waals surface area contributed by atoms with E-state index in [9.17, 15) is 0 Å². The Morgan fingerprint density at radius 1 is 1.41 bits per heavy atom. The monoisotopic (exact) mass is 255 g/mol. The molecule has 1 N–H and O–H groups in total. The first-order chi connectivity index (χ1) is 8.19. The maximum Gasteiger partial charge on any atom is 0.276 e. The summed E-state index contributed by atoms with van der Waals surface area (Å²) in [6.45, 7) is 7.35. The van der Waals surface area contributed by atoms with E-state index >= 15 is 0 Å². The van der Waals surface area contributed by atoms with Crippen LogP contribution in [0.3, 0.4) is 0 Å². The summed E-state index contributed by atoms with van der Waals surface area (Å²) in [5.74, 6) is 1.45. The molecular weight excluding hydrogens is 234 g/mol. The van der Waals surface area contributed by atoms with E-state index < -0.39 is 0 Å². The topological polar surface area (TPSA) is 51.0 Å². The van der Waals surface area contributed by atoms with E-state index in [0.717, 1.165) is 12.5 Å². The maximum absolute atomic E-state index is 5.46. The number of rotatable bonds is 4. The summed E-state index contributed by atoms with van der Waals surface area (Å²) in [5, 5.41) is 12.8. The molecule has 5 heteroatoms. The molecule has 0 amide bonds. The maximum atomic E-state index is 5.46. The lowest BCUT2D eigenvalue weighted by molar-refractivity contribution is 0.318. The fourth-order valence-electron chi connectivity index (χ4n) is 2.41. The molecule has 4 nitrogen and oxygen atoms in total. The highest BCUT2D eigenvalue weighted by Gasteiger charge is 2.30. The Labute approximate surface area is 107 Å². The van der Waals surface area contributed by atoms with Crippen LogP contribution in [-0.4, -0.2) is 28.0 Å². The fraction of sp³-hybridized carbons (Fsp3) is 0.833. The predicted octanol–water partition coefficient (Wildman–Crippen LogP) is 2.64. The SMILES string of the molecule is CCNC1CCC(C)CC1Sc1nnc(C)o1. The molecule has 0 spiro atoms. The van der Waals surface area contributed by atoms with Crippen LogP contribution in [0.1, 0.15) is 39.0 Å². The van der Waals surface area contributed by atoms with Gasteiger partial charge in [0, 0.05) is 18.2 Å². The lowest BCUT2D eigenvalue weighted by Crippen LogP contribution is -2.42. The fourth-order valence-corrected chi connectivity index (χ4v) is 3.75. The summed E-state index contributed by atoms with van der Waals surface area (Å²) in [6.07, 6.45) is 3.79. The van der Waals surface area contributed by atoms with Gasteiger partial charge in [0.25, 0.3) is 5.22 Å². The van der Waals surface area contributed by atoms with E-state index in [2.05, 4.69) is 29.4 Å². The van der Waals surface area contributed by atoms with Gasteiger partial charge in [0.05, 0.1) is 0 Å². The van der Waals surface area contributed by atoms with Gasteiger partial charge in [-0.15, -0.1) is 10.2 Å². The van der Waals surface area contributed by atoms with Crippen LogP contribution >= 0.6 is 11.8 Å². The van der Waals surface area contributed by atoms with E-state index in [0.29, 0.717) is 22.4 Å². The second kappa shape index (κ2) is 5.87. The van der Waals surface area contributed by atoms with Gasteiger partial charge in [-0.1, -0.05) is 25.6 Å². The van der Waals surface area contributed by atoms with E-state index in [-0.39, 0.29) is 0 Å². The molecule has 3 unspecified atom stereocenters. The largest absolute Gasteiger partial charge is 0.416 e. The van der Waals surface area contributed by atoms with Gasteiger partial charge in [-0.2, -0.15) is 0 Å². The minimum absolute atomic E-state index is 0.554. The number of aromatic nitrogens is 2.